The number of nitrogens with zero attached hydrogens (tertiary/aromatic N) is 2. The van der Waals surface area contributed by atoms with Crippen LogP contribution in [0.1, 0.15) is 29.6 Å². The molecule has 86 valence electrons. The zero-order valence-corrected chi connectivity index (χ0v) is 9.74. The van der Waals surface area contributed by atoms with E-state index in [1.807, 2.05) is 11.9 Å². The van der Waals surface area contributed by atoms with E-state index in [1.165, 1.54) is 18.7 Å². The van der Waals surface area contributed by atoms with Crippen molar-refractivity contribution in [2.75, 3.05) is 11.9 Å². The lowest BCUT2D eigenvalue weighted by Gasteiger charge is -2.36. The van der Waals surface area contributed by atoms with Crippen LogP contribution in [0.4, 0.5) is 5.82 Å². The number of hydrogen-bond donors (Lipinski definition) is 1. The van der Waals surface area contributed by atoms with Gasteiger partial charge in [0, 0.05) is 19.3 Å². The molecular formula is C11H13ClN2O2. The van der Waals surface area contributed by atoms with Crippen molar-refractivity contribution in [1.82, 2.24) is 4.98 Å². The number of pyridine rings is 1. The molecule has 1 N–H and O–H groups in total. The minimum atomic E-state index is -1.02. The molecular weight excluding hydrogens is 228 g/mol. The minimum absolute atomic E-state index is 0.109. The average Bonchev–Trinajstić information content (AvgIpc) is 2.14. The second-order valence-electron chi connectivity index (χ2n) is 4.00. The Morgan fingerprint density at radius 3 is 2.81 bits per heavy atom. The third-order valence-corrected chi connectivity index (χ3v) is 3.43. The van der Waals surface area contributed by atoms with Crippen LogP contribution in [-0.2, 0) is 0 Å². The van der Waals surface area contributed by atoms with Gasteiger partial charge in [-0.05, 0) is 25.3 Å². The molecule has 2 rings (SSSR count). The van der Waals surface area contributed by atoms with Gasteiger partial charge >= 0.3 is 5.97 Å². The molecule has 4 nitrogen and oxygen atoms in total. The summed E-state index contributed by atoms with van der Waals surface area (Å²) in [7, 11) is 1.91. The standard InChI is InChI=1S/C11H13ClN2O2/c1-14(7-3-2-4-7)10-9(12)8(11(15)16)5-6-13-10/h5-7H,2-4H2,1H3,(H,15,16). The molecule has 16 heavy (non-hydrogen) atoms. The maximum atomic E-state index is 10.9. The Morgan fingerprint density at radius 2 is 2.31 bits per heavy atom. The van der Waals surface area contributed by atoms with Gasteiger partial charge in [-0.2, -0.15) is 0 Å². The summed E-state index contributed by atoms with van der Waals surface area (Å²) in [6.07, 6.45) is 4.93. The van der Waals surface area contributed by atoms with Gasteiger partial charge < -0.3 is 10.0 Å². The van der Waals surface area contributed by atoms with Crippen LogP contribution in [0.5, 0.6) is 0 Å². The van der Waals surface area contributed by atoms with Crippen LogP contribution in [-0.4, -0.2) is 29.1 Å². The van der Waals surface area contributed by atoms with Gasteiger partial charge in [0.15, 0.2) is 0 Å². The molecule has 1 aliphatic rings. The van der Waals surface area contributed by atoms with Crippen LogP contribution in [0.3, 0.4) is 0 Å². The van der Waals surface area contributed by atoms with Crippen LogP contribution < -0.4 is 4.90 Å². The van der Waals surface area contributed by atoms with E-state index in [1.54, 1.807) is 0 Å². The van der Waals surface area contributed by atoms with Gasteiger partial charge in [0.2, 0.25) is 0 Å². The second kappa shape index (κ2) is 4.29. The topological polar surface area (TPSA) is 53.4 Å². The van der Waals surface area contributed by atoms with Crippen molar-refractivity contribution < 1.29 is 9.90 Å². The first kappa shape index (κ1) is 11.2. The van der Waals surface area contributed by atoms with Crippen LogP contribution in [0.15, 0.2) is 12.3 Å². The fourth-order valence-electron chi connectivity index (χ4n) is 1.79. The highest BCUT2D eigenvalue weighted by Crippen LogP contribution is 2.32. The molecule has 0 unspecified atom stereocenters. The highest BCUT2D eigenvalue weighted by atomic mass is 35.5. The third kappa shape index (κ3) is 1.85. The summed E-state index contributed by atoms with van der Waals surface area (Å²) in [6.45, 7) is 0. The average molecular weight is 241 g/mol. The Hall–Kier alpha value is -1.29. The molecule has 1 aliphatic carbocycles. The van der Waals surface area contributed by atoms with E-state index in [2.05, 4.69) is 4.98 Å². The summed E-state index contributed by atoms with van der Waals surface area (Å²) >= 11 is 6.04. The van der Waals surface area contributed by atoms with Gasteiger partial charge in [0.05, 0.1) is 10.6 Å². The normalized spacial score (nSPS) is 15.6. The highest BCUT2D eigenvalue weighted by Gasteiger charge is 2.25. The monoisotopic (exact) mass is 240 g/mol. The summed E-state index contributed by atoms with van der Waals surface area (Å²) in [5.41, 5.74) is 0.109. The number of rotatable bonds is 3. The number of aromatic carboxylic acids is 1. The lowest BCUT2D eigenvalue weighted by molar-refractivity contribution is 0.0697. The number of hydrogen-bond acceptors (Lipinski definition) is 3. The molecule has 0 spiro atoms. The van der Waals surface area contributed by atoms with Gasteiger partial charge in [-0.25, -0.2) is 9.78 Å². The van der Waals surface area contributed by atoms with Gasteiger partial charge in [-0.3, -0.25) is 0 Å². The molecule has 1 aromatic rings. The van der Waals surface area contributed by atoms with Gasteiger partial charge in [0.1, 0.15) is 5.82 Å². The number of anilines is 1. The van der Waals surface area contributed by atoms with E-state index in [0.717, 1.165) is 12.8 Å². The molecule has 0 bridgehead atoms. The number of carboxylic acid groups (broad SMARTS) is 1. The molecule has 0 saturated heterocycles. The second-order valence-corrected chi connectivity index (χ2v) is 4.37. The Balaban J connectivity index is 2.33. The summed E-state index contributed by atoms with van der Waals surface area (Å²) in [6, 6.07) is 1.86. The van der Waals surface area contributed by atoms with E-state index in [9.17, 15) is 4.79 Å². The van der Waals surface area contributed by atoms with Crippen molar-refractivity contribution in [3.63, 3.8) is 0 Å². The Bertz CT molecular complexity index is 418. The van der Waals surface area contributed by atoms with E-state index < -0.39 is 5.97 Å². The molecule has 0 atom stereocenters. The number of carbonyl (C=O) groups is 1. The molecule has 0 radical (unpaired) electrons. The van der Waals surface area contributed by atoms with E-state index in [0.29, 0.717) is 11.9 Å². The summed E-state index contributed by atoms with van der Waals surface area (Å²) in [4.78, 5) is 17.0. The fraction of sp³-hybridized carbons (Fsp3) is 0.455. The fourth-order valence-corrected chi connectivity index (χ4v) is 2.12. The molecule has 1 fully saturated rings. The summed E-state index contributed by atoms with van der Waals surface area (Å²) in [5.74, 6) is -0.457. The van der Waals surface area contributed by atoms with E-state index in [-0.39, 0.29) is 10.6 Å². The molecule has 1 aromatic heterocycles. The zero-order valence-electron chi connectivity index (χ0n) is 8.98. The zero-order chi connectivity index (χ0) is 11.7. The van der Waals surface area contributed by atoms with Crippen molar-refractivity contribution in [3.05, 3.63) is 22.8 Å². The van der Waals surface area contributed by atoms with Gasteiger partial charge in [-0.1, -0.05) is 11.6 Å². The van der Waals surface area contributed by atoms with Gasteiger partial charge in [-0.15, -0.1) is 0 Å². The molecule has 0 aromatic carbocycles. The van der Waals surface area contributed by atoms with Crippen molar-refractivity contribution >= 4 is 23.4 Å². The van der Waals surface area contributed by atoms with Crippen LogP contribution in [0, 0.1) is 0 Å². The maximum Gasteiger partial charge on any atom is 0.337 e. The first-order chi connectivity index (χ1) is 7.61. The lowest BCUT2D eigenvalue weighted by Crippen LogP contribution is -2.37. The Morgan fingerprint density at radius 1 is 1.62 bits per heavy atom. The largest absolute Gasteiger partial charge is 0.478 e. The van der Waals surface area contributed by atoms with Crippen molar-refractivity contribution in [2.45, 2.75) is 25.3 Å². The number of carboxylic acids is 1. The molecule has 0 aliphatic heterocycles. The van der Waals surface area contributed by atoms with Crippen molar-refractivity contribution in [2.24, 2.45) is 0 Å². The predicted octanol–water partition coefficient (Wildman–Crippen LogP) is 2.42. The van der Waals surface area contributed by atoms with E-state index in [4.69, 9.17) is 16.7 Å². The summed E-state index contributed by atoms with van der Waals surface area (Å²) < 4.78 is 0. The molecule has 5 heteroatoms. The molecule has 0 amide bonds. The predicted molar refractivity (Wildman–Crippen MR) is 62.2 cm³/mol. The first-order valence-electron chi connectivity index (χ1n) is 5.22. The smallest absolute Gasteiger partial charge is 0.337 e. The van der Waals surface area contributed by atoms with Crippen LogP contribution in [0.25, 0.3) is 0 Å². The van der Waals surface area contributed by atoms with Crippen LogP contribution >= 0.6 is 11.6 Å². The lowest BCUT2D eigenvalue weighted by atomic mass is 9.92. The molecule has 1 heterocycles. The quantitative estimate of drug-likeness (QED) is 0.882. The maximum absolute atomic E-state index is 10.9. The van der Waals surface area contributed by atoms with Crippen LogP contribution in [0.2, 0.25) is 5.02 Å². The van der Waals surface area contributed by atoms with Gasteiger partial charge in [0.25, 0.3) is 0 Å². The first-order valence-corrected chi connectivity index (χ1v) is 5.59. The Labute approximate surface area is 98.9 Å². The third-order valence-electron chi connectivity index (χ3n) is 3.06. The number of aromatic nitrogens is 1. The Kier molecular flexibility index (Phi) is 3.01. The highest BCUT2D eigenvalue weighted by molar-refractivity contribution is 6.35. The van der Waals surface area contributed by atoms with Crippen molar-refractivity contribution in [3.8, 4) is 0 Å². The van der Waals surface area contributed by atoms with Crippen molar-refractivity contribution in [1.29, 1.82) is 0 Å². The summed E-state index contributed by atoms with van der Waals surface area (Å²) in [5, 5.41) is 9.18. The van der Waals surface area contributed by atoms with E-state index >= 15 is 0 Å². The minimum Gasteiger partial charge on any atom is -0.478 e. The number of halogens is 1. The SMILES string of the molecule is CN(c1nccc(C(=O)O)c1Cl)C1CCC1. The molecule has 1 saturated carbocycles.